The highest BCUT2D eigenvalue weighted by Gasteiger charge is 2.58. The summed E-state index contributed by atoms with van der Waals surface area (Å²) < 4.78 is 0. The van der Waals surface area contributed by atoms with Gasteiger partial charge >= 0.3 is 0 Å². The second-order valence-electron chi connectivity index (χ2n) is 8.92. The molecule has 34 heavy (non-hydrogen) atoms. The third-order valence-electron chi connectivity index (χ3n) is 6.80. The molecule has 0 radical (unpaired) electrons. The number of anilines is 2. The predicted molar refractivity (Wildman–Crippen MR) is 136 cm³/mol. The number of carbonyl (C=O) groups excluding carboxylic acids is 1. The van der Waals surface area contributed by atoms with Crippen molar-refractivity contribution in [1.82, 2.24) is 0 Å². The molecule has 2 aliphatic rings. The van der Waals surface area contributed by atoms with Gasteiger partial charge < -0.3 is 9.80 Å². The molecule has 0 saturated carbocycles. The summed E-state index contributed by atoms with van der Waals surface area (Å²) in [7, 11) is 3.89. The Bertz CT molecular complexity index is 1270. The fourth-order valence-corrected chi connectivity index (χ4v) is 5.34. The van der Waals surface area contributed by atoms with Gasteiger partial charge in [0.05, 0.1) is 5.92 Å². The molecule has 0 aliphatic carbocycles. The molecule has 2 heterocycles. The standard InChI is InChI=1S/C27H24ClN3O3/c1-29(2)21-14-9-18(10-15-21)24-25(31(33)34)23-16-11-17-5-3-4-6-22(17)30(23)26(24)27(32)19-7-12-20(28)13-8-19/h3-16,23-26H,1-2H3/t23-,24-,25-,26-/m0/s1. The summed E-state index contributed by atoms with van der Waals surface area (Å²) in [6.07, 6.45) is 3.79. The van der Waals surface area contributed by atoms with Crippen molar-refractivity contribution in [1.29, 1.82) is 0 Å². The predicted octanol–water partition coefficient (Wildman–Crippen LogP) is 5.30. The zero-order valence-electron chi connectivity index (χ0n) is 18.8. The maximum Gasteiger partial charge on any atom is 0.245 e. The van der Waals surface area contributed by atoms with Gasteiger partial charge in [0, 0.05) is 41.0 Å². The minimum absolute atomic E-state index is 0.155. The lowest BCUT2D eigenvalue weighted by atomic mass is 9.83. The highest BCUT2D eigenvalue weighted by molar-refractivity contribution is 6.30. The van der Waals surface area contributed by atoms with E-state index in [2.05, 4.69) is 0 Å². The van der Waals surface area contributed by atoms with Crippen molar-refractivity contribution < 1.29 is 9.72 Å². The van der Waals surface area contributed by atoms with Gasteiger partial charge in [-0.2, -0.15) is 0 Å². The summed E-state index contributed by atoms with van der Waals surface area (Å²) in [6.45, 7) is 0. The number of nitro groups is 1. The second-order valence-corrected chi connectivity index (χ2v) is 9.36. The molecule has 4 atom stereocenters. The van der Waals surface area contributed by atoms with E-state index in [0.29, 0.717) is 10.6 Å². The number of Topliss-reactive ketones (excluding diaryl/α,β-unsaturated/α-hetero) is 1. The fraction of sp³-hybridized carbons (Fsp3) is 0.222. The monoisotopic (exact) mass is 473 g/mol. The van der Waals surface area contributed by atoms with E-state index in [1.807, 2.05) is 84.6 Å². The van der Waals surface area contributed by atoms with Crippen molar-refractivity contribution in [3.63, 3.8) is 0 Å². The van der Waals surface area contributed by atoms with E-state index in [4.69, 9.17) is 11.6 Å². The van der Waals surface area contributed by atoms with E-state index in [0.717, 1.165) is 22.5 Å². The molecule has 6 nitrogen and oxygen atoms in total. The van der Waals surface area contributed by atoms with Gasteiger partial charge in [-0.3, -0.25) is 14.9 Å². The van der Waals surface area contributed by atoms with E-state index >= 15 is 0 Å². The van der Waals surface area contributed by atoms with Crippen LogP contribution in [-0.4, -0.2) is 42.9 Å². The molecule has 3 aromatic carbocycles. The van der Waals surface area contributed by atoms with E-state index in [-0.39, 0.29) is 10.7 Å². The van der Waals surface area contributed by atoms with Gasteiger partial charge in [0.15, 0.2) is 5.78 Å². The normalized spacial score (nSPS) is 22.7. The molecule has 1 fully saturated rings. The lowest BCUT2D eigenvalue weighted by Crippen LogP contribution is -2.44. The molecule has 0 aromatic heterocycles. The molecule has 7 heteroatoms. The molecule has 2 aliphatic heterocycles. The lowest BCUT2D eigenvalue weighted by Gasteiger charge is -2.34. The van der Waals surface area contributed by atoms with Crippen LogP contribution in [0.5, 0.6) is 0 Å². The van der Waals surface area contributed by atoms with Crippen LogP contribution in [0.1, 0.15) is 27.4 Å². The average molecular weight is 474 g/mol. The van der Waals surface area contributed by atoms with Crippen molar-refractivity contribution in [2.45, 2.75) is 24.0 Å². The average Bonchev–Trinajstić information content (AvgIpc) is 3.20. The number of hydrogen-bond donors (Lipinski definition) is 0. The Balaban J connectivity index is 1.69. The first kappa shape index (κ1) is 22.2. The first-order chi connectivity index (χ1) is 16.4. The van der Waals surface area contributed by atoms with E-state index in [9.17, 15) is 14.9 Å². The first-order valence-corrected chi connectivity index (χ1v) is 11.5. The summed E-state index contributed by atoms with van der Waals surface area (Å²) in [5.41, 5.74) is 4.03. The molecule has 1 saturated heterocycles. The van der Waals surface area contributed by atoms with Crippen molar-refractivity contribution in [2.75, 3.05) is 23.9 Å². The molecule has 0 spiro atoms. The van der Waals surface area contributed by atoms with Crippen LogP contribution in [0.3, 0.4) is 0 Å². The smallest absolute Gasteiger partial charge is 0.245 e. The van der Waals surface area contributed by atoms with Gasteiger partial charge in [-0.25, -0.2) is 0 Å². The Kier molecular flexibility index (Phi) is 5.62. The van der Waals surface area contributed by atoms with Crippen LogP contribution in [0.15, 0.2) is 78.9 Å². The van der Waals surface area contributed by atoms with Gasteiger partial charge in [0.2, 0.25) is 6.04 Å². The summed E-state index contributed by atoms with van der Waals surface area (Å²) in [5.74, 6) is -0.784. The van der Waals surface area contributed by atoms with Gasteiger partial charge in [0.25, 0.3) is 0 Å². The van der Waals surface area contributed by atoms with Crippen LogP contribution in [0, 0.1) is 10.1 Å². The van der Waals surface area contributed by atoms with Crippen LogP contribution in [0.25, 0.3) is 6.08 Å². The van der Waals surface area contributed by atoms with Crippen molar-refractivity contribution in [3.8, 4) is 0 Å². The molecule has 3 aromatic rings. The summed E-state index contributed by atoms with van der Waals surface area (Å²) in [4.78, 5) is 30.2. The highest BCUT2D eigenvalue weighted by atomic mass is 35.5. The van der Waals surface area contributed by atoms with Gasteiger partial charge in [-0.15, -0.1) is 0 Å². The largest absolute Gasteiger partial charge is 0.378 e. The molecule has 0 amide bonds. The van der Waals surface area contributed by atoms with E-state index < -0.39 is 24.0 Å². The third-order valence-corrected chi connectivity index (χ3v) is 7.05. The van der Waals surface area contributed by atoms with Crippen molar-refractivity contribution >= 4 is 34.8 Å². The Morgan fingerprint density at radius 2 is 1.68 bits per heavy atom. The summed E-state index contributed by atoms with van der Waals surface area (Å²) in [6, 6.07) is 19.9. The van der Waals surface area contributed by atoms with Gasteiger partial charge in [-0.1, -0.05) is 54.1 Å². The minimum atomic E-state index is -0.976. The number of carbonyl (C=O) groups is 1. The molecular weight excluding hydrogens is 450 g/mol. The van der Waals surface area contributed by atoms with Crippen molar-refractivity contribution in [2.24, 2.45) is 0 Å². The molecular formula is C27H24ClN3O3. The number of fused-ring (bicyclic) bond motifs is 3. The lowest BCUT2D eigenvalue weighted by molar-refractivity contribution is -0.524. The number of nitrogens with zero attached hydrogens (tertiary/aromatic N) is 3. The minimum Gasteiger partial charge on any atom is -0.378 e. The molecule has 0 bridgehead atoms. The molecule has 0 N–H and O–H groups in total. The zero-order valence-corrected chi connectivity index (χ0v) is 19.6. The van der Waals surface area contributed by atoms with Gasteiger partial charge in [0.1, 0.15) is 12.1 Å². The van der Waals surface area contributed by atoms with Crippen LogP contribution in [0.2, 0.25) is 5.02 Å². The van der Waals surface area contributed by atoms with E-state index in [1.54, 1.807) is 24.3 Å². The Morgan fingerprint density at radius 1 is 1.00 bits per heavy atom. The maximum absolute atomic E-state index is 14.0. The SMILES string of the molecule is CN(C)c1ccc([C@H]2[C@@H]([N+](=O)[O-])[C@@H]3C=Cc4ccccc4N3[C@@H]2C(=O)c2ccc(Cl)cc2)cc1. The topological polar surface area (TPSA) is 66.7 Å². The number of ketones is 1. The van der Waals surface area contributed by atoms with Crippen LogP contribution in [-0.2, 0) is 0 Å². The number of hydrogen-bond acceptors (Lipinski definition) is 5. The Hall–Kier alpha value is -3.64. The molecule has 172 valence electrons. The number of benzene rings is 3. The summed E-state index contributed by atoms with van der Waals surface area (Å²) in [5, 5.41) is 13.0. The number of halogens is 1. The highest BCUT2D eigenvalue weighted by Crippen LogP contribution is 2.47. The van der Waals surface area contributed by atoms with Gasteiger partial charge in [-0.05, 0) is 53.6 Å². The Morgan fingerprint density at radius 3 is 2.32 bits per heavy atom. The quantitative estimate of drug-likeness (QED) is 0.286. The molecule has 0 unspecified atom stereocenters. The third kappa shape index (κ3) is 3.64. The number of para-hydroxylation sites is 1. The van der Waals surface area contributed by atoms with Crippen LogP contribution >= 0.6 is 11.6 Å². The van der Waals surface area contributed by atoms with Crippen LogP contribution in [0.4, 0.5) is 11.4 Å². The second kappa shape index (κ2) is 8.61. The molecule has 5 rings (SSSR count). The van der Waals surface area contributed by atoms with E-state index in [1.165, 1.54) is 0 Å². The first-order valence-electron chi connectivity index (χ1n) is 11.1. The Labute approximate surface area is 203 Å². The zero-order chi connectivity index (χ0) is 24.0. The van der Waals surface area contributed by atoms with Crippen molar-refractivity contribution in [3.05, 3.63) is 111 Å². The summed E-state index contributed by atoms with van der Waals surface area (Å²) >= 11 is 6.06. The fourth-order valence-electron chi connectivity index (χ4n) is 5.21. The number of rotatable bonds is 5. The van der Waals surface area contributed by atoms with Crippen LogP contribution < -0.4 is 9.80 Å². The maximum atomic E-state index is 14.0.